The fourth-order valence-electron chi connectivity index (χ4n) is 1.53. The summed E-state index contributed by atoms with van der Waals surface area (Å²) < 4.78 is 5.26. The molecule has 0 atom stereocenters. The van der Waals surface area contributed by atoms with Crippen molar-refractivity contribution in [1.82, 2.24) is 9.88 Å². The summed E-state index contributed by atoms with van der Waals surface area (Å²) in [6, 6.07) is 0. The van der Waals surface area contributed by atoms with Gasteiger partial charge in [0.1, 0.15) is 0 Å². The normalized spacial score (nSPS) is 16.8. The molecule has 7 heteroatoms. The van der Waals surface area contributed by atoms with Crippen LogP contribution in [0.2, 0.25) is 0 Å². The van der Waals surface area contributed by atoms with E-state index < -0.39 is 0 Å². The van der Waals surface area contributed by atoms with Crippen LogP contribution in [0.25, 0.3) is 0 Å². The number of aliphatic imine (C=N–C) groups is 1. The summed E-state index contributed by atoms with van der Waals surface area (Å²) in [5.74, 6) is 0.606. The Morgan fingerprint density at radius 1 is 1.59 bits per heavy atom. The molecular formula is C10H17IN4OS. The highest BCUT2D eigenvalue weighted by atomic mass is 127. The number of morpholine rings is 1. The first kappa shape index (κ1) is 14.7. The van der Waals surface area contributed by atoms with Gasteiger partial charge in [-0.3, -0.25) is 0 Å². The van der Waals surface area contributed by atoms with Gasteiger partial charge in [0.25, 0.3) is 0 Å². The van der Waals surface area contributed by atoms with Crippen LogP contribution in [0.15, 0.2) is 11.2 Å². The number of thiazole rings is 1. The molecule has 1 saturated heterocycles. The van der Waals surface area contributed by atoms with Crippen molar-refractivity contribution >= 4 is 41.3 Å². The maximum atomic E-state index is 5.91. The third kappa shape index (κ3) is 4.40. The minimum absolute atomic E-state index is 0. The Kier molecular flexibility index (Phi) is 6.14. The lowest BCUT2D eigenvalue weighted by Gasteiger charge is -2.27. The SMILES string of the molecule is Cc1ncc(CN=C(N)N2CCOCC2)s1.I. The van der Waals surface area contributed by atoms with Gasteiger partial charge in [0.05, 0.1) is 24.8 Å². The fourth-order valence-corrected chi connectivity index (χ4v) is 2.25. The third-order valence-corrected chi connectivity index (χ3v) is 3.30. The van der Waals surface area contributed by atoms with Crippen molar-refractivity contribution in [3.05, 3.63) is 16.1 Å². The van der Waals surface area contributed by atoms with Gasteiger partial charge in [-0.2, -0.15) is 0 Å². The van der Waals surface area contributed by atoms with Gasteiger partial charge in [0.2, 0.25) is 0 Å². The molecule has 2 N–H and O–H groups in total. The van der Waals surface area contributed by atoms with Gasteiger partial charge in [-0.1, -0.05) is 0 Å². The summed E-state index contributed by atoms with van der Waals surface area (Å²) in [7, 11) is 0. The molecule has 1 aliphatic heterocycles. The number of hydrogen-bond acceptors (Lipinski definition) is 4. The molecule has 0 aliphatic carbocycles. The maximum Gasteiger partial charge on any atom is 0.191 e. The van der Waals surface area contributed by atoms with Gasteiger partial charge in [0, 0.05) is 24.2 Å². The van der Waals surface area contributed by atoms with Crippen LogP contribution in [-0.2, 0) is 11.3 Å². The van der Waals surface area contributed by atoms with E-state index in [2.05, 4.69) is 14.9 Å². The van der Waals surface area contributed by atoms with Crippen LogP contribution >= 0.6 is 35.3 Å². The Morgan fingerprint density at radius 2 is 2.29 bits per heavy atom. The highest BCUT2D eigenvalue weighted by Gasteiger charge is 2.11. The van der Waals surface area contributed by atoms with Crippen LogP contribution in [0.4, 0.5) is 0 Å². The smallest absolute Gasteiger partial charge is 0.191 e. The predicted molar refractivity (Wildman–Crippen MR) is 80.0 cm³/mol. The van der Waals surface area contributed by atoms with Crippen LogP contribution in [-0.4, -0.2) is 42.1 Å². The molecule has 0 spiro atoms. The molecular weight excluding hydrogens is 351 g/mol. The number of hydrogen-bond donors (Lipinski definition) is 1. The second-order valence-corrected chi connectivity index (χ2v) is 4.94. The van der Waals surface area contributed by atoms with Crippen molar-refractivity contribution in [1.29, 1.82) is 0 Å². The molecule has 0 aromatic carbocycles. The van der Waals surface area contributed by atoms with Crippen molar-refractivity contribution < 1.29 is 4.74 Å². The number of aromatic nitrogens is 1. The molecule has 1 fully saturated rings. The predicted octanol–water partition coefficient (Wildman–Crippen LogP) is 1.22. The number of aryl methyl sites for hydroxylation is 1. The maximum absolute atomic E-state index is 5.91. The zero-order valence-electron chi connectivity index (χ0n) is 9.76. The first-order valence-corrected chi connectivity index (χ1v) is 6.11. The van der Waals surface area contributed by atoms with Crippen molar-refractivity contribution in [3.8, 4) is 0 Å². The number of nitrogens with zero attached hydrogens (tertiary/aromatic N) is 3. The topological polar surface area (TPSA) is 63.7 Å². The molecule has 17 heavy (non-hydrogen) atoms. The van der Waals surface area contributed by atoms with Gasteiger partial charge in [-0.15, -0.1) is 35.3 Å². The Morgan fingerprint density at radius 3 is 2.88 bits per heavy atom. The number of rotatable bonds is 2. The first-order valence-electron chi connectivity index (χ1n) is 5.29. The fraction of sp³-hybridized carbons (Fsp3) is 0.600. The molecule has 96 valence electrons. The van der Waals surface area contributed by atoms with E-state index in [1.54, 1.807) is 11.3 Å². The molecule has 1 aliphatic rings. The molecule has 0 radical (unpaired) electrons. The minimum atomic E-state index is 0. The van der Waals surface area contributed by atoms with Crippen LogP contribution in [0.3, 0.4) is 0 Å². The molecule has 2 heterocycles. The van der Waals surface area contributed by atoms with E-state index in [1.807, 2.05) is 13.1 Å². The van der Waals surface area contributed by atoms with Crippen molar-refractivity contribution in [2.75, 3.05) is 26.3 Å². The second kappa shape index (κ2) is 7.12. The van der Waals surface area contributed by atoms with Crippen LogP contribution in [0.1, 0.15) is 9.88 Å². The summed E-state index contributed by atoms with van der Waals surface area (Å²) in [5, 5.41) is 1.06. The molecule has 0 saturated carbocycles. The number of ether oxygens (including phenoxy) is 1. The molecule has 0 amide bonds. The van der Waals surface area contributed by atoms with Crippen molar-refractivity contribution in [2.24, 2.45) is 10.7 Å². The van der Waals surface area contributed by atoms with E-state index in [0.717, 1.165) is 36.2 Å². The number of nitrogens with two attached hydrogens (primary N) is 1. The number of guanidine groups is 1. The van der Waals surface area contributed by atoms with E-state index >= 15 is 0 Å². The zero-order valence-corrected chi connectivity index (χ0v) is 12.9. The van der Waals surface area contributed by atoms with E-state index in [-0.39, 0.29) is 24.0 Å². The largest absolute Gasteiger partial charge is 0.378 e. The van der Waals surface area contributed by atoms with Crippen molar-refractivity contribution in [3.63, 3.8) is 0 Å². The average Bonchev–Trinajstić information content (AvgIpc) is 2.73. The molecule has 5 nitrogen and oxygen atoms in total. The van der Waals surface area contributed by atoms with E-state index in [0.29, 0.717) is 12.5 Å². The van der Waals surface area contributed by atoms with Gasteiger partial charge in [-0.25, -0.2) is 9.98 Å². The molecule has 2 rings (SSSR count). The highest BCUT2D eigenvalue weighted by Crippen LogP contribution is 2.12. The monoisotopic (exact) mass is 368 g/mol. The van der Waals surface area contributed by atoms with Gasteiger partial charge in [-0.05, 0) is 6.92 Å². The second-order valence-electron chi connectivity index (χ2n) is 3.62. The lowest BCUT2D eigenvalue weighted by Crippen LogP contribution is -2.44. The summed E-state index contributed by atoms with van der Waals surface area (Å²) in [5.41, 5.74) is 5.91. The summed E-state index contributed by atoms with van der Waals surface area (Å²) in [6.45, 7) is 5.73. The molecule has 0 bridgehead atoms. The lowest BCUT2D eigenvalue weighted by molar-refractivity contribution is 0.0674. The standard InChI is InChI=1S/C10H16N4OS.HI/c1-8-12-6-9(16-8)7-13-10(11)14-2-4-15-5-3-14;/h6H,2-5,7H2,1H3,(H2,11,13);1H. The minimum Gasteiger partial charge on any atom is -0.378 e. The molecule has 1 aromatic heterocycles. The lowest BCUT2D eigenvalue weighted by atomic mass is 10.4. The van der Waals surface area contributed by atoms with E-state index in [4.69, 9.17) is 10.5 Å². The van der Waals surface area contributed by atoms with Crippen LogP contribution in [0, 0.1) is 6.92 Å². The van der Waals surface area contributed by atoms with Crippen LogP contribution in [0.5, 0.6) is 0 Å². The van der Waals surface area contributed by atoms with Gasteiger partial charge >= 0.3 is 0 Å². The number of halogens is 1. The van der Waals surface area contributed by atoms with Crippen molar-refractivity contribution in [2.45, 2.75) is 13.5 Å². The molecule has 0 unspecified atom stereocenters. The highest BCUT2D eigenvalue weighted by molar-refractivity contribution is 14.0. The van der Waals surface area contributed by atoms with E-state index in [9.17, 15) is 0 Å². The quantitative estimate of drug-likeness (QED) is 0.484. The summed E-state index contributed by atoms with van der Waals surface area (Å²) in [6.07, 6.45) is 1.86. The van der Waals surface area contributed by atoms with Gasteiger partial charge < -0.3 is 15.4 Å². The Bertz CT molecular complexity index is 376. The Balaban J connectivity index is 0.00000144. The average molecular weight is 368 g/mol. The third-order valence-electron chi connectivity index (χ3n) is 2.40. The molecule has 1 aromatic rings. The summed E-state index contributed by atoms with van der Waals surface area (Å²) in [4.78, 5) is 11.7. The van der Waals surface area contributed by atoms with Crippen LogP contribution < -0.4 is 5.73 Å². The first-order chi connectivity index (χ1) is 7.75. The Hall–Kier alpha value is -0.410. The zero-order chi connectivity index (χ0) is 11.4. The Labute approximate surface area is 122 Å². The van der Waals surface area contributed by atoms with E-state index in [1.165, 1.54) is 0 Å². The summed E-state index contributed by atoms with van der Waals surface area (Å²) >= 11 is 1.66. The van der Waals surface area contributed by atoms with Gasteiger partial charge in [0.15, 0.2) is 5.96 Å².